The Labute approximate surface area is 80.3 Å². The van der Waals surface area contributed by atoms with E-state index >= 15 is 0 Å². The normalized spacial score (nSPS) is 20.7. The van der Waals surface area contributed by atoms with E-state index in [1.165, 1.54) is 0 Å². The summed E-state index contributed by atoms with van der Waals surface area (Å²) in [5.41, 5.74) is 5.71. The second kappa shape index (κ2) is 4.09. The third-order valence-corrected chi connectivity index (χ3v) is 3.47. The molecule has 0 aromatic carbocycles. The molecule has 2 N–H and O–H groups in total. The van der Waals surface area contributed by atoms with Gasteiger partial charge in [-0.3, -0.25) is 4.79 Å². The van der Waals surface area contributed by atoms with Crippen LogP contribution in [-0.2, 0) is 4.79 Å². The van der Waals surface area contributed by atoms with E-state index in [-0.39, 0.29) is 12.5 Å². The van der Waals surface area contributed by atoms with Gasteiger partial charge in [-0.1, -0.05) is 13.8 Å². The molecule has 1 aliphatic heterocycles. The minimum atomic E-state index is 0.101. The van der Waals surface area contributed by atoms with Gasteiger partial charge in [0.05, 0.1) is 6.54 Å². The lowest BCUT2D eigenvalue weighted by Crippen LogP contribution is -2.36. The lowest BCUT2D eigenvalue weighted by atomic mass is 9.82. The number of amides is 1. The summed E-state index contributed by atoms with van der Waals surface area (Å²) in [5, 5.41) is 0. The molecule has 13 heavy (non-hydrogen) atoms. The molecule has 1 aliphatic rings. The highest BCUT2D eigenvalue weighted by Crippen LogP contribution is 2.36. The maximum atomic E-state index is 11.3. The first kappa shape index (κ1) is 10.5. The predicted octanol–water partition coefficient (Wildman–Crippen LogP) is 0.984. The monoisotopic (exact) mass is 184 g/mol. The van der Waals surface area contributed by atoms with Gasteiger partial charge in [0.25, 0.3) is 0 Å². The molecule has 1 amide bonds. The first-order valence-corrected chi connectivity index (χ1v) is 5.15. The van der Waals surface area contributed by atoms with Gasteiger partial charge in [0.1, 0.15) is 0 Å². The van der Waals surface area contributed by atoms with Gasteiger partial charge in [-0.25, -0.2) is 0 Å². The lowest BCUT2D eigenvalue weighted by Gasteiger charge is -2.26. The fourth-order valence-electron chi connectivity index (χ4n) is 2.10. The van der Waals surface area contributed by atoms with Gasteiger partial charge in [0, 0.05) is 13.1 Å². The molecule has 0 aromatic heterocycles. The molecule has 1 saturated heterocycles. The van der Waals surface area contributed by atoms with Gasteiger partial charge in [-0.05, 0) is 24.7 Å². The van der Waals surface area contributed by atoms with Crippen LogP contribution in [0.1, 0.15) is 33.1 Å². The number of nitrogens with two attached hydrogens (primary N) is 1. The van der Waals surface area contributed by atoms with Gasteiger partial charge in [-0.15, -0.1) is 0 Å². The molecule has 1 fully saturated rings. The fourth-order valence-corrected chi connectivity index (χ4v) is 2.10. The van der Waals surface area contributed by atoms with Gasteiger partial charge in [0.2, 0.25) is 5.91 Å². The van der Waals surface area contributed by atoms with E-state index < -0.39 is 0 Å². The van der Waals surface area contributed by atoms with Gasteiger partial charge in [-0.2, -0.15) is 0 Å². The van der Waals surface area contributed by atoms with Crippen molar-refractivity contribution in [3.8, 4) is 0 Å². The lowest BCUT2D eigenvalue weighted by molar-refractivity contribution is -0.129. The van der Waals surface area contributed by atoms with Crippen LogP contribution in [0.3, 0.4) is 0 Å². The molecule has 76 valence electrons. The van der Waals surface area contributed by atoms with Crippen LogP contribution in [0.25, 0.3) is 0 Å². The van der Waals surface area contributed by atoms with Crippen LogP contribution in [0.4, 0.5) is 0 Å². The quantitative estimate of drug-likeness (QED) is 0.711. The van der Waals surface area contributed by atoms with Crippen molar-refractivity contribution in [2.24, 2.45) is 11.1 Å². The molecule has 0 atom stereocenters. The van der Waals surface area contributed by atoms with E-state index in [0.29, 0.717) is 5.41 Å². The van der Waals surface area contributed by atoms with Crippen LogP contribution in [0.2, 0.25) is 0 Å². The van der Waals surface area contributed by atoms with E-state index in [1.54, 1.807) is 0 Å². The van der Waals surface area contributed by atoms with Crippen LogP contribution < -0.4 is 5.73 Å². The molecule has 3 heteroatoms. The van der Waals surface area contributed by atoms with Crippen LogP contribution in [0, 0.1) is 5.41 Å². The summed E-state index contributed by atoms with van der Waals surface area (Å²) in [6.07, 6.45) is 3.47. The molecular weight excluding hydrogens is 164 g/mol. The van der Waals surface area contributed by atoms with Crippen LogP contribution >= 0.6 is 0 Å². The smallest absolute Gasteiger partial charge is 0.236 e. The summed E-state index contributed by atoms with van der Waals surface area (Å²) in [6, 6.07) is 0. The zero-order valence-electron chi connectivity index (χ0n) is 8.68. The predicted molar refractivity (Wildman–Crippen MR) is 53.3 cm³/mol. The van der Waals surface area contributed by atoms with E-state index in [9.17, 15) is 4.79 Å². The van der Waals surface area contributed by atoms with Crippen LogP contribution in [0.5, 0.6) is 0 Å². The molecule has 0 radical (unpaired) electrons. The standard InChI is InChI=1S/C10H20N2O/c1-3-10(4-2)5-6-12(8-10)9(13)7-11/h3-8,11H2,1-2H3. The highest BCUT2D eigenvalue weighted by atomic mass is 16.2. The Morgan fingerprint density at radius 2 is 2.08 bits per heavy atom. The van der Waals surface area contributed by atoms with E-state index in [4.69, 9.17) is 5.73 Å². The minimum Gasteiger partial charge on any atom is -0.341 e. The summed E-state index contributed by atoms with van der Waals surface area (Å²) in [7, 11) is 0. The molecule has 1 rings (SSSR count). The Balaban J connectivity index is 2.56. The highest BCUT2D eigenvalue weighted by molar-refractivity contribution is 5.78. The van der Waals surface area contributed by atoms with Crippen molar-refractivity contribution in [3.05, 3.63) is 0 Å². The van der Waals surface area contributed by atoms with E-state index in [2.05, 4.69) is 13.8 Å². The summed E-state index contributed by atoms with van der Waals surface area (Å²) >= 11 is 0. The molecule has 0 aromatic rings. The Bertz CT molecular complexity index is 187. The average Bonchev–Trinajstić information content (AvgIpc) is 2.61. The molecule has 0 bridgehead atoms. The third-order valence-electron chi connectivity index (χ3n) is 3.47. The largest absolute Gasteiger partial charge is 0.341 e. The van der Waals surface area contributed by atoms with Gasteiger partial charge in [0.15, 0.2) is 0 Å². The fraction of sp³-hybridized carbons (Fsp3) is 0.900. The second-order valence-corrected chi connectivity index (χ2v) is 3.98. The minimum absolute atomic E-state index is 0.101. The second-order valence-electron chi connectivity index (χ2n) is 3.98. The van der Waals surface area contributed by atoms with Crippen molar-refractivity contribution in [2.75, 3.05) is 19.6 Å². The van der Waals surface area contributed by atoms with Crippen molar-refractivity contribution in [3.63, 3.8) is 0 Å². The van der Waals surface area contributed by atoms with Crippen molar-refractivity contribution >= 4 is 5.91 Å². The molecule has 1 heterocycles. The first-order valence-electron chi connectivity index (χ1n) is 5.15. The maximum absolute atomic E-state index is 11.3. The molecule has 0 spiro atoms. The van der Waals surface area contributed by atoms with Crippen LogP contribution in [0.15, 0.2) is 0 Å². The number of nitrogens with zero attached hydrogens (tertiary/aromatic N) is 1. The Morgan fingerprint density at radius 3 is 2.46 bits per heavy atom. The molecule has 0 aliphatic carbocycles. The van der Waals surface area contributed by atoms with Gasteiger partial charge < -0.3 is 10.6 Å². The Morgan fingerprint density at radius 1 is 1.46 bits per heavy atom. The summed E-state index contributed by atoms with van der Waals surface area (Å²) in [5.74, 6) is 0.101. The third kappa shape index (κ3) is 2.02. The van der Waals surface area contributed by atoms with Gasteiger partial charge >= 0.3 is 0 Å². The SMILES string of the molecule is CCC1(CC)CCN(C(=O)CN)C1. The zero-order chi connectivity index (χ0) is 9.90. The number of likely N-dealkylation sites (tertiary alicyclic amines) is 1. The summed E-state index contributed by atoms with van der Waals surface area (Å²) < 4.78 is 0. The Kier molecular flexibility index (Phi) is 3.31. The summed E-state index contributed by atoms with van der Waals surface area (Å²) in [4.78, 5) is 13.2. The molecule has 0 unspecified atom stereocenters. The number of hydrogen-bond acceptors (Lipinski definition) is 2. The first-order chi connectivity index (χ1) is 6.17. The maximum Gasteiger partial charge on any atom is 0.236 e. The molecule has 3 nitrogen and oxygen atoms in total. The topological polar surface area (TPSA) is 46.3 Å². The average molecular weight is 184 g/mol. The molecule has 0 saturated carbocycles. The zero-order valence-corrected chi connectivity index (χ0v) is 8.68. The van der Waals surface area contributed by atoms with Crippen molar-refractivity contribution < 1.29 is 4.79 Å². The van der Waals surface area contributed by atoms with Crippen molar-refractivity contribution in [1.29, 1.82) is 0 Å². The highest BCUT2D eigenvalue weighted by Gasteiger charge is 2.36. The van der Waals surface area contributed by atoms with E-state index in [0.717, 1.165) is 32.4 Å². The number of carbonyl (C=O) groups is 1. The number of hydrogen-bond donors (Lipinski definition) is 1. The Hall–Kier alpha value is -0.570. The van der Waals surface area contributed by atoms with Crippen molar-refractivity contribution in [2.45, 2.75) is 33.1 Å². The van der Waals surface area contributed by atoms with Crippen LogP contribution in [-0.4, -0.2) is 30.4 Å². The van der Waals surface area contributed by atoms with Crippen molar-refractivity contribution in [1.82, 2.24) is 4.90 Å². The summed E-state index contributed by atoms with van der Waals surface area (Å²) in [6.45, 7) is 6.39. The number of rotatable bonds is 3. The van der Waals surface area contributed by atoms with E-state index in [1.807, 2.05) is 4.90 Å². The number of carbonyl (C=O) groups excluding carboxylic acids is 1. The molecular formula is C10H20N2O.